The first kappa shape index (κ1) is 21.5. The van der Waals surface area contributed by atoms with Crippen molar-refractivity contribution in [3.63, 3.8) is 0 Å². The normalized spacial score (nSPS) is 21.0. The van der Waals surface area contributed by atoms with Gasteiger partial charge in [0, 0.05) is 43.5 Å². The van der Waals surface area contributed by atoms with Gasteiger partial charge in [0.05, 0.1) is 6.54 Å². The number of rotatable bonds is 3. The van der Waals surface area contributed by atoms with Crippen LogP contribution in [0.5, 0.6) is 0 Å². The number of alkyl halides is 5. The Bertz CT molecular complexity index is 1040. The third kappa shape index (κ3) is 3.75. The molecule has 0 bridgehead atoms. The molecule has 0 saturated carbocycles. The van der Waals surface area contributed by atoms with Crippen LogP contribution < -0.4 is 5.73 Å². The van der Waals surface area contributed by atoms with Crippen molar-refractivity contribution in [1.29, 1.82) is 0 Å². The van der Waals surface area contributed by atoms with E-state index in [4.69, 9.17) is 5.73 Å². The van der Waals surface area contributed by atoms with Crippen molar-refractivity contribution in [2.45, 2.75) is 50.0 Å². The van der Waals surface area contributed by atoms with E-state index in [0.717, 1.165) is 4.57 Å². The van der Waals surface area contributed by atoms with Gasteiger partial charge in [-0.3, -0.25) is 4.79 Å². The van der Waals surface area contributed by atoms with Gasteiger partial charge in [-0.1, -0.05) is 0 Å². The predicted molar refractivity (Wildman–Crippen MR) is 90.6 cm³/mol. The Balaban J connectivity index is 1.48. The summed E-state index contributed by atoms with van der Waals surface area (Å²) in [7, 11) is 0. The van der Waals surface area contributed by atoms with Crippen molar-refractivity contribution in [3.05, 3.63) is 46.5 Å². The number of hydrogen-bond acceptors (Lipinski definition) is 4. The molecule has 0 radical (unpaired) electrons. The number of carbonyl (C=O) groups is 1. The summed E-state index contributed by atoms with van der Waals surface area (Å²) in [5.41, 5.74) is 5.17. The fraction of sp³-hybridized carbons (Fsp3) is 0.500. The van der Waals surface area contributed by atoms with E-state index in [-0.39, 0.29) is 31.0 Å². The van der Waals surface area contributed by atoms with Gasteiger partial charge in [0.15, 0.2) is 17.5 Å². The van der Waals surface area contributed by atoms with Gasteiger partial charge in [-0.15, -0.1) is 10.2 Å². The molecule has 4 rings (SSSR count). The largest absolute Gasteiger partial charge is 0.451 e. The summed E-state index contributed by atoms with van der Waals surface area (Å²) in [6, 6.07) is -0.0210. The third-order valence-electron chi connectivity index (χ3n) is 5.65. The van der Waals surface area contributed by atoms with Crippen molar-refractivity contribution >= 4 is 5.91 Å². The number of amides is 1. The summed E-state index contributed by atoms with van der Waals surface area (Å²) in [6.07, 6.45) is -5.89. The van der Waals surface area contributed by atoms with Crippen molar-refractivity contribution in [3.8, 4) is 0 Å². The van der Waals surface area contributed by atoms with E-state index in [9.17, 15) is 35.5 Å². The molecule has 2 heterocycles. The van der Waals surface area contributed by atoms with Crippen LogP contribution in [0.15, 0.2) is 12.1 Å². The number of hydrogen-bond donors (Lipinski definition) is 1. The number of nitrogens with two attached hydrogens (primary N) is 1. The van der Waals surface area contributed by atoms with E-state index in [2.05, 4.69) is 10.2 Å². The lowest BCUT2D eigenvalue weighted by atomic mass is 9.91. The quantitative estimate of drug-likeness (QED) is 0.729. The number of benzene rings is 1. The summed E-state index contributed by atoms with van der Waals surface area (Å²) in [5, 5.41) is 6.59. The highest BCUT2D eigenvalue weighted by Gasteiger charge is 2.48. The Labute approximate surface area is 170 Å². The van der Waals surface area contributed by atoms with Crippen LogP contribution in [-0.4, -0.2) is 38.2 Å². The Morgan fingerprint density at radius 1 is 1.19 bits per heavy atom. The van der Waals surface area contributed by atoms with Crippen molar-refractivity contribution in [2.75, 3.05) is 6.54 Å². The topological polar surface area (TPSA) is 77.0 Å². The molecule has 0 fully saturated rings. The average molecular weight is 451 g/mol. The number of carbonyl (C=O) groups excluding carboxylic acids is 1. The zero-order chi connectivity index (χ0) is 22.7. The zero-order valence-electron chi connectivity index (χ0n) is 15.8. The summed E-state index contributed by atoms with van der Waals surface area (Å²) < 4.78 is 95.2. The first-order chi connectivity index (χ1) is 14.4. The van der Waals surface area contributed by atoms with Gasteiger partial charge in [0.1, 0.15) is 0 Å². The molecule has 2 N–H and O–H groups in total. The molecule has 13 heteroatoms. The van der Waals surface area contributed by atoms with Gasteiger partial charge in [-0.2, -0.15) is 13.2 Å². The van der Waals surface area contributed by atoms with E-state index in [1.54, 1.807) is 0 Å². The Kier molecular flexibility index (Phi) is 4.98. The molecule has 1 aromatic heterocycles. The molecule has 1 aliphatic carbocycles. The highest BCUT2D eigenvalue weighted by Crippen LogP contribution is 2.50. The number of nitrogens with zero attached hydrogens (tertiary/aromatic N) is 4. The summed E-state index contributed by atoms with van der Waals surface area (Å²) in [6.45, 7) is -0.504. The predicted octanol–water partition coefficient (Wildman–Crippen LogP) is 2.91. The van der Waals surface area contributed by atoms with E-state index in [1.807, 2.05) is 0 Å². The monoisotopic (exact) mass is 451 g/mol. The molecular weight excluding hydrogens is 435 g/mol. The summed E-state index contributed by atoms with van der Waals surface area (Å²) in [5.74, 6) is -9.01. The lowest BCUT2D eigenvalue weighted by Gasteiger charge is -2.30. The molecule has 1 aliphatic heterocycles. The molecular formula is C18H16F7N5O. The molecule has 1 aromatic carbocycles. The number of aromatic nitrogens is 3. The summed E-state index contributed by atoms with van der Waals surface area (Å²) in [4.78, 5) is 13.8. The van der Waals surface area contributed by atoms with Crippen LogP contribution in [-0.2, 0) is 30.0 Å². The molecule has 2 aromatic rings. The highest BCUT2D eigenvalue weighted by atomic mass is 19.4. The average Bonchev–Trinajstić information content (AvgIpc) is 3.21. The van der Waals surface area contributed by atoms with Gasteiger partial charge in [0.2, 0.25) is 11.7 Å². The van der Waals surface area contributed by atoms with Crippen LogP contribution in [0.1, 0.15) is 41.5 Å². The smallest absolute Gasteiger partial charge is 0.333 e. The molecule has 6 nitrogen and oxygen atoms in total. The minimum absolute atomic E-state index is 0.0595. The minimum Gasteiger partial charge on any atom is -0.333 e. The minimum atomic E-state index is -4.68. The van der Waals surface area contributed by atoms with Crippen molar-refractivity contribution in [1.82, 2.24) is 19.7 Å². The Morgan fingerprint density at radius 3 is 2.55 bits per heavy atom. The first-order valence-electron chi connectivity index (χ1n) is 9.28. The highest BCUT2D eigenvalue weighted by molar-refractivity contribution is 5.77. The maximum Gasteiger partial charge on any atom is 0.451 e. The van der Waals surface area contributed by atoms with E-state index in [0.29, 0.717) is 12.1 Å². The van der Waals surface area contributed by atoms with Crippen LogP contribution in [0.25, 0.3) is 0 Å². The molecule has 31 heavy (non-hydrogen) atoms. The van der Waals surface area contributed by atoms with Gasteiger partial charge in [0.25, 0.3) is 5.92 Å². The SMILES string of the molecule is NC(CC(=O)N1CCn2c(nnc2C(F)(F)F)C1)C1CC(F)(F)c2cc(F)c(F)cc21. The Morgan fingerprint density at radius 2 is 1.87 bits per heavy atom. The fourth-order valence-electron chi connectivity index (χ4n) is 4.12. The number of fused-ring (bicyclic) bond motifs is 2. The molecule has 2 atom stereocenters. The summed E-state index contributed by atoms with van der Waals surface area (Å²) >= 11 is 0. The zero-order valence-corrected chi connectivity index (χ0v) is 15.8. The molecule has 0 spiro atoms. The second-order valence-corrected chi connectivity index (χ2v) is 7.64. The second kappa shape index (κ2) is 7.18. The molecule has 2 aliphatic rings. The van der Waals surface area contributed by atoms with Crippen LogP contribution in [0.2, 0.25) is 0 Å². The van der Waals surface area contributed by atoms with Crippen LogP contribution in [0, 0.1) is 11.6 Å². The van der Waals surface area contributed by atoms with E-state index < -0.39 is 65.8 Å². The van der Waals surface area contributed by atoms with Crippen LogP contribution >= 0.6 is 0 Å². The number of halogens is 7. The van der Waals surface area contributed by atoms with Crippen molar-refractivity contribution < 1.29 is 35.5 Å². The standard InChI is InChI=1S/C18H16F7N5O/c19-11-3-8-9(6-17(21,22)10(8)4-12(11)20)13(26)5-15(31)29-1-2-30-14(7-29)27-28-16(30)18(23,24)25/h3-4,9,13H,1-2,5-7,26H2. The van der Waals surface area contributed by atoms with E-state index >= 15 is 0 Å². The van der Waals surface area contributed by atoms with Gasteiger partial charge in [-0.25, -0.2) is 17.6 Å². The van der Waals surface area contributed by atoms with Crippen molar-refractivity contribution in [2.24, 2.45) is 5.73 Å². The fourth-order valence-corrected chi connectivity index (χ4v) is 4.12. The second-order valence-electron chi connectivity index (χ2n) is 7.64. The maximum absolute atomic E-state index is 14.3. The van der Waals surface area contributed by atoms with Crippen LogP contribution in [0.3, 0.4) is 0 Å². The Hall–Kier alpha value is -2.70. The molecule has 1 amide bonds. The third-order valence-corrected chi connectivity index (χ3v) is 5.65. The lowest BCUT2D eigenvalue weighted by Crippen LogP contribution is -2.42. The first-order valence-corrected chi connectivity index (χ1v) is 9.28. The van der Waals surface area contributed by atoms with Gasteiger partial charge in [-0.05, 0) is 17.7 Å². The molecule has 168 valence electrons. The maximum atomic E-state index is 14.3. The molecule has 0 saturated heterocycles. The van der Waals surface area contributed by atoms with E-state index in [1.165, 1.54) is 4.90 Å². The van der Waals surface area contributed by atoms with Crippen LogP contribution in [0.4, 0.5) is 30.7 Å². The van der Waals surface area contributed by atoms with Gasteiger partial charge >= 0.3 is 6.18 Å². The van der Waals surface area contributed by atoms with Gasteiger partial charge < -0.3 is 15.2 Å². The lowest BCUT2D eigenvalue weighted by molar-refractivity contribution is -0.148. The molecule has 2 unspecified atom stereocenters.